The molecule has 1 N–H and O–H groups in total. The summed E-state index contributed by atoms with van der Waals surface area (Å²) in [5.74, 6) is -1.79. The lowest BCUT2D eigenvalue weighted by Crippen LogP contribution is -2.27. The second-order valence-corrected chi connectivity index (χ2v) is 7.58. The van der Waals surface area contributed by atoms with E-state index in [2.05, 4.69) is 0 Å². The molecular formula is C8H16Cl3O4P. The third-order valence-corrected chi connectivity index (χ3v) is 4.69. The van der Waals surface area contributed by atoms with Crippen LogP contribution in [-0.4, -0.2) is 28.0 Å². The van der Waals surface area contributed by atoms with E-state index in [1.807, 2.05) is 13.8 Å². The maximum atomic E-state index is 12.1. The van der Waals surface area contributed by atoms with Crippen LogP contribution in [0, 0.1) is 0 Å². The molecule has 0 aliphatic rings. The van der Waals surface area contributed by atoms with Crippen LogP contribution in [-0.2, 0) is 13.6 Å². The number of alkyl halides is 3. The third-order valence-electron chi connectivity index (χ3n) is 1.54. The predicted octanol–water partition coefficient (Wildman–Crippen LogP) is 3.72. The molecule has 0 radical (unpaired) electrons. The van der Waals surface area contributed by atoms with Gasteiger partial charge in [0.25, 0.3) is 0 Å². The monoisotopic (exact) mass is 312 g/mol. The molecule has 1 atom stereocenters. The highest BCUT2D eigenvalue weighted by Crippen LogP contribution is 2.58. The van der Waals surface area contributed by atoms with Crippen molar-refractivity contribution in [3.8, 4) is 0 Å². The van der Waals surface area contributed by atoms with Gasteiger partial charge in [-0.05, 0) is 12.8 Å². The Balaban J connectivity index is 4.70. The number of aliphatic hydroxyl groups excluding tert-OH is 1. The maximum Gasteiger partial charge on any atom is 0.363 e. The highest BCUT2D eigenvalue weighted by atomic mass is 35.6. The molecule has 0 saturated carbocycles. The van der Waals surface area contributed by atoms with Crippen molar-refractivity contribution in [2.45, 2.75) is 36.3 Å². The average molecular weight is 314 g/mol. The van der Waals surface area contributed by atoms with Gasteiger partial charge in [0.05, 0.1) is 13.2 Å². The summed E-state index contributed by atoms with van der Waals surface area (Å²) >= 11 is 16.4. The van der Waals surface area contributed by atoms with E-state index < -0.39 is 17.2 Å². The Bertz CT molecular complexity index is 232. The molecule has 16 heavy (non-hydrogen) atoms. The molecule has 0 aromatic heterocycles. The number of hydrogen-bond donors (Lipinski definition) is 1. The van der Waals surface area contributed by atoms with Gasteiger partial charge in [-0.1, -0.05) is 48.7 Å². The summed E-state index contributed by atoms with van der Waals surface area (Å²) in [6.07, 6.45) is 1.23. The van der Waals surface area contributed by atoms with Gasteiger partial charge in [-0.25, -0.2) is 0 Å². The highest BCUT2D eigenvalue weighted by molar-refractivity contribution is 7.55. The fourth-order valence-electron chi connectivity index (χ4n) is 0.795. The Kier molecular flexibility index (Phi) is 7.88. The number of halogens is 3. The number of rotatable bonds is 7. The van der Waals surface area contributed by atoms with Gasteiger partial charge in [-0.2, -0.15) is 0 Å². The molecule has 0 aromatic carbocycles. The minimum absolute atomic E-state index is 0.165. The van der Waals surface area contributed by atoms with Crippen LogP contribution in [0.3, 0.4) is 0 Å². The van der Waals surface area contributed by atoms with E-state index in [9.17, 15) is 9.67 Å². The molecule has 98 valence electrons. The SMILES string of the molecule is CCCOP(=O)(OCCC)[C@H](O)C(Cl)(Cl)Cl. The zero-order valence-electron chi connectivity index (χ0n) is 9.16. The van der Waals surface area contributed by atoms with Crippen LogP contribution < -0.4 is 0 Å². The lowest BCUT2D eigenvalue weighted by atomic mass is 10.5. The molecule has 0 rings (SSSR count). The molecule has 8 heteroatoms. The first-order chi connectivity index (χ1) is 7.28. The molecule has 0 aliphatic heterocycles. The van der Waals surface area contributed by atoms with E-state index in [4.69, 9.17) is 43.9 Å². The van der Waals surface area contributed by atoms with Crippen LogP contribution in [0.1, 0.15) is 26.7 Å². The quantitative estimate of drug-likeness (QED) is 0.575. The minimum Gasteiger partial charge on any atom is -0.377 e. The molecule has 0 heterocycles. The molecular weight excluding hydrogens is 297 g/mol. The molecule has 0 unspecified atom stereocenters. The summed E-state index contributed by atoms with van der Waals surface area (Å²) in [5.41, 5.74) is 0. The van der Waals surface area contributed by atoms with Crippen molar-refractivity contribution >= 4 is 42.4 Å². The third kappa shape index (κ3) is 5.54. The summed E-state index contributed by atoms with van der Waals surface area (Å²) in [4.78, 5) is 0. The fourth-order valence-corrected chi connectivity index (χ4v) is 3.46. The van der Waals surface area contributed by atoms with Gasteiger partial charge in [0.1, 0.15) is 0 Å². The Morgan fingerprint density at radius 2 is 1.56 bits per heavy atom. The van der Waals surface area contributed by atoms with E-state index in [1.165, 1.54) is 0 Å². The van der Waals surface area contributed by atoms with Crippen LogP contribution in [0.5, 0.6) is 0 Å². The van der Waals surface area contributed by atoms with Crippen molar-refractivity contribution in [1.82, 2.24) is 0 Å². The molecule has 0 spiro atoms. The lowest BCUT2D eigenvalue weighted by Gasteiger charge is -2.27. The molecule has 0 amide bonds. The highest BCUT2D eigenvalue weighted by Gasteiger charge is 2.47. The molecule has 0 bridgehead atoms. The summed E-state index contributed by atoms with van der Waals surface area (Å²) < 4.78 is 20.0. The lowest BCUT2D eigenvalue weighted by molar-refractivity contribution is 0.143. The summed E-state index contributed by atoms with van der Waals surface area (Å²) in [5, 5.41) is 9.65. The van der Waals surface area contributed by atoms with Gasteiger partial charge in [-0.3, -0.25) is 4.57 Å². The van der Waals surface area contributed by atoms with Crippen molar-refractivity contribution < 1.29 is 18.7 Å². The van der Waals surface area contributed by atoms with Gasteiger partial charge in [0, 0.05) is 0 Å². The van der Waals surface area contributed by atoms with Crippen molar-refractivity contribution in [3.63, 3.8) is 0 Å². The first-order valence-electron chi connectivity index (χ1n) is 4.91. The second kappa shape index (κ2) is 7.42. The maximum absolute atomic E-state index is 12.1. The Morgan fingerprint density at radius 1 is 1.19 bits per heavy atom. The first kappa shape index (κ1) is 17.0. The summed E-state index contributed by atoms with van der Waals surface area (Å²) in [6.45, 7) is 3.98. The molecule has 4 nitrogen and oxygen atoms in total. The number of aliphatic hydroxyl groups is 1. The average Bonchev–Trinajstić information content (AvgIpc) is 2.21. The van der Waals surface area contributed by atoms with E-state index in [1.54, 1.807) is 0 Å². The standard InChI is InChI=1S/C8H16Cl3O4P/c1-3-5-14-16(13,15-6-4-2)7(12)8(9,10)11/h7,12H,3-6H2,1-2H3/t7-/m0/s1. The van der Waals surface area contributed by atoms with Gasteiger partial charge < -0.3 is 14.2 Å². The smallest absolute Gasteiger partial charge is 0.363 e. The van der Waals surface area contributed by atoms with Gasteiger partial charge in [0.15, 0.2) is 0 Å². The summed E-state index contributed by atoms with van der Waals surface area (Å²) in [6, 6.07) is 0. The van der Waals surface area contributed by atoms with Crippen LogP contribution in [0.15, 0.2) is 0 Å². The molecule has 0 saturated heterocycles. The van der Waals surface area contributed by atoms with Crippen LogP contribution >= 0.6 is 42.4 Å². The summed E-state index contributed by atoms with van der Waals surface area (Å²) in [7, 11) is -3.81. The second-order valence-electron chi connectivity index (χ2n) is 3.12. The normalized spacial score (nSPS) is 15.1. The minimum atomic E-state index is -3.81. The molecule has 0 aromatic rings. The van der Waals surface area contributed by atoms with Gasteiger partial charge in [0.2, 0.25) is 9.64 Å². The zero-order valence-corrected chi connectivity index (χ0v) is 12.3. The van der Waals surface area contributed by atoms with Crippen molar-refractivity contribution in [3.05, 3.63) is 0 Å². The molecule has 0 fully saturated rings. The fraction of sp³-hybridized carbons (Fsp3) is 1.00. The van der Waals surface area contributed by atoms with E-state index >= 15 is 0 Å². The Hall–Kier alpha value is 0.980. The van der Waals surface area contributed by atoms with Gasteiger partial charge >= 0.3 is 7.60 Å². The van der Waals surface area contributed by atoms with Crippen molar-refractivity contribution in [1.29, 1.82) is 0 Å². The van der Waals surface area contributed by atoms with E-state index in [-0.39, 0.29) is 13.2 Å². The topological polar surface area (TPSA) is 55.8 Å². The van der Waals surface area contributed by atoms with Crippen LogP contribution in [0.2, 0.25) is 0 Å². The van der Waals surface area contributed by atoms with E-state index in [0.29, 0.717) is 12.8 Å². The first-order valence-corrected chi connectivity index (χ1v) is 7.66. The van der Waals surface area contributed by atoms with Crippen molar-refractivity contribution in [2.75, 3.05) is 13.2 Å². The van der Waals surface area contributed by atoms with Crippen LogP contribution in [0.4, 0.5) is 0 Å². The molecule has 0 aliphatic carbocycles. The van der Waals surface area contributed by atoms with Crippen molar-refractivity contribution in [2.24, 2.45) is 0 Å². The largest absolute Gasteiger partial charge is 0.377 e. The predicted molar refractivity (Wildman–Crippen MR) is 66.4 cm³/mol. The number of hydrogen-bond acceptors (Lipinski definition) is 4. The zero-order chi connectivity index (χ0) is 12.8. The Morgan fingerprint density at radius 3 is 1.81 bits per heavy atom. The van der Waals surface area contributed by atoms with Gasteiger partial charge in [-0.15, -0.1) is 0 Å². The van der Waals surface area contributed by atoms with E-state index in [0.717, 1.165) is 0 Å². The van der Waals surface area contributed by atoms with Crippen LogP contribution in [0.25, 0.3) is 0 Å². The Labute approximate surface area is 111 Å².